The lowest BCUT2D eigenvalue weighted by atomic mass is 10.2. The molecule has 0 unspecified atom stereocenters. The summed E-state index contributed by atoms with van der Waals surface area (Å²) in [5.74, 6) is 0.356. The molecule has 136 valence electrons. The highest BCUT2D eigenvalue weighted by atomic mass is 32.2. The Labute approximate surface area is 145 Å². The van der Waals surface area contributed by atoms with Crippen LogP contribution in [0.3, 0.4) is 0 Å². The lowest BCUT2D eigenvalue weighted by Gasteiger charge is -2.19. The van der Waals surface area contributed by atoms with E-state index in [9.17, 15) is 13.2 Å². The van der Waals surface area contributed by atoms with Gasteiger partial charge in [0.1, 0.15) is 5.75 Å². The topological polar surface area (TPSA) is 75.7 Å². The largest absolute Gasteiger partial charge is 0.494 e. The number of hydrogen-bond donors (Lipinski definition) is 1. The highest BCUT2D eigenvalue weighted by molar-refractivity contribution is 7.89. The average Bonchev–Trinajstić information content (AvgIpc) is 2.49. The van der Waals surface area contributed by atoms with Crippen molar-refractivity contribution >= 4 is 15.9 Å². The maximum atomic E-state index is 12.6. The lowest BCUT2D eigenvalue weighted by Crippen LogP contribution is -2.41. The number of sulfonamides is 1. The van der Waals surface area contributed by atoms with Crippen LogP contribution in [-0.2, 0) is 14.8 Å². The van der Waals surface area contributed by atoms with Crippen molar-refractivity contribution in [1.82, 2.24) is 9.62 Å². The number of benzene rings is 1. The standard InChI is InChI=1S/C17H28N2O4S/c1-6-8-14(4)18-17(20)12-19(5)24(21,22)15-9-10-16(23-7-2)13(3)11-15/h9-11,14H,6-8,12H2,1-5H3,(H,18,20)/t14-/m0/s1. The maximum absolute atomic E-state index is 12.6. The van der Waals surface area contributed by atoms with Gasteiger partial charge in [-0.1, -0.05) is 13.3 Å². The van der Waals surface area contributed by atoms with Gasteiger partial charge in [-0.2, -0.15) is 4.31 Å². The first kappa shape index (κ1) is 20.4. The molecule has 0 fully saturated rings. The first-order chi connectivity index (χ1) is 11.2. The fourth-order valence-electron chi connectivity index (χ4n) is 2.39. The van der Waals surface area contributed by atoms with E-state index in [-0.39, 0.29) is 23.4 Å². The lowest BCUT2D eigenvalue weighted by molar-refractivity contribution is -0.121. The SMILES string of the molecule is CCC[C@H](C)NC(=O)CN(C)S(=O)(=O)c1ccc(OCC)c(C)c1. The van der Waals surface area contributed by atoms with Crippen molar-refractivity contribution in [2.75, 3.05) is 20.2 Å². The molecule has 0 aliphatic carbocycles. The molecule has 1 rings (SSSR count). The molecule has 0 heterocycles. The summed E-state index contributed by atoms with van der Waals surface area (Å²) in [4.78, 5) is 12.1. The number of aryl methyl sites for hydroxylation is 1. The molecule has 1 atom stereocenters. The number of carbonyl (C=O) groups excluding carboxylic acids is 1. The summed E-state index contributed by atoms with van der Waals surface area (Å²) in [5, 5.41) is 2.81. The van der Waals surface area contributed by atoms with Crippen LogP contribution in [0, 0.1) is 6.92 Å². The Bertz CT molecular complexity index is 659. The van der Waals surface area contributed by atoms with Crippen LogP contribution >= 0.6 is 0 Å². The number of nitrogens with zero attached hydrogens (tertiary/aromatic N) is 1. The minimum absolute atomic E-state index is 0.0336. The molecule has 1 N–H and O–H groups in total. The third-order valence-electron chi connectivity index (χ3n) is 3.65. The summed E-state index contributed by atoms with van der Waals surface area (Å²) >= 11 is 0. The van der Waals surface area contributed by atoms with E-state index in [2.05, 4.69) is 5.32 Å². The van der Waals surface area contributed by atoms with Gasteiger partial charge in [0.25, 0.3) is 0 Å². The molecule has 7 heteroatoms. The molecule has 0 saturated carbocycles. The van der Waals surface area contributed by atoms with Gasteiger partial charge in [0.15, 0.2) is 0 Å². The molecule has 0 spiro atoms. The summed E-state index contributed by atoms with van der Waals surface area (Å²) in [5.41, 5.74) is 0.743. The zero-order chi connectivity index (χ0) is 18.3. The van der Waals surface area contributed by atoms with E-state index < -0.39 is 10.0 Å². The summed E-state index contributed by atoms with van der Waals surface area (Å²) in [6, 6.07) is 4.74. The molecular formula is C17H28N2O4S. The van der Waals surface area contributed by atoms with E-state index in [0.717, 1.165) is 22.7 Å². The van der Waals surface area contributed by atoms with Crippen molar-refractivity contribution in [2.45, 2.75) is 51.5 Å². The predicted octanol–water partition coefficient (Wildman–Crippen LogP) is 2.32. The number of nitrogens with one attached hydrogen (secondary N) is 1. The average molecular weight is 356 g/mol. The molecule has 1 aromatic rings. The summed E-state index contributed by atoms with van der Waals surface area (Å²) in [7, 11) is -2.31. The van der Waals surface area contributed by atoms with Crippen LogP contribution in [0.25, 0.3) is 0 Å². The van der Waals surface area contributed by atoms with Gasteiger partial charge in [-0.05, 0) is 51.0 Å². The maximum Gasteiger partial charge on any atom is 0.243 e. The van der Waals surface area contributed by atoms with Gasteiger partial charge in [-0.25, -0.2) is 8.42 Å². The molecule has 0 radical (unpaired) electrons. The van der Waals surface area contributed by atoms with Crippen molar-refractivity contribution < 1.29 is 17.9 Å². The highest BCUT2D eigenvalue weighted by Crippen LogP contribution is 2.23. The number of carbonyl (C=O) groups is 1. The molecular weight excluding hydrogens is 328 g/mol. The van der Waals surface area contributed by atoms with E-state index in [1.807, 2.05) is 20.8 Å². The molecule has 0 bridgehead atoms. The molecule has 0 aromatic heterocycles. The second kappa shape index (κ2) is 9.03. The van der Waals surface area contributed by atoms with Crippen molar-refractivity contribution in [2.24, 2.45) is 0 Å². The second-order valence-electron chi connectivity index (χ2n) is 5.88. The zero-order valence-corrected chi connectivity index (χ0v) is 15.9. The van der Waals surface area contributed by atoms with Crippen molar-refractivity contribution in [3.8, 4) is 5.75 Å². The van der Waals surface area contributed by atoms with Gasteiger partial charge in [-0.3, -0.25) is 4.79 Å². The predicted molar refractivity (Wildman–Crippen MR) is 94.7 cm³/mol. The van der Waals surface area contributed by atoms with E-state index >= 15 is 0 Å². The van der Waals surface area contributed by atoms with Gasteiger partial charge < -0.3 is 10.1 Å². The Hall–Kier alpha value is -1.60. The summed E-state index contributed by atoms with van der Waals surface area (Å²) < 4.78 is 31.7. The van der Waals surface area contributed by atoms with Crippen LogP contribution in [-0.4, -0.2) is 44.9 Å². The number of likely N-dealkylation sites (N-methyl/N-ethyl adjacent to an activating group) is 1. The van der Waals surface area contributed by atoms with Gasteiger partial charge in [0.05, 0.1) is 18.0 Å². The van der Waals surface area contributed by atoms with Crippen LogP contribution in [0.4, 0.5) is 0 Å². The normalized spacial score (nSPS) is 12.9. The minimum atomic E-state index is -3.72. The highest BCUT2D eigenvalue weighted by Gasteiger charge is 2.24. The summed E-state index contributed by atoms with van der Waals surface area (Å²) in [6.45, 7) is 7.92. The fourth-order valence-corrected chi connectivity index (χ4v) is 3.61. The van der Waals surface area contributed by atoms with Crippen LogP contribution in [0.2, 0.25) is 0 Å². The Kier molecular flexibility index (Phi) is 7.69. The molecule has 1 aromatic carbocycles. The number of ether oxygens (including phenoxy) is 1. The van der Waals surface area contributed by atoms with Gasteiger partial charge in [0, 0.05) is 13.1 Å². The van der Waals surface area contributed by atoms with Crippen molar-refractivity contribution in [3.05, 3.63) is 23.8 Å². The van der Waals surface area contributed by atoms with Crippen LogP contribution < -0.4 is 10.1 Å². The number of rotatable bonds is 9. The number of hydrogen-bond acceptors (Lipinski definition) is 4. The van der Waals surface area contributed by atoms with Crippen molar-refractivity contribution in [3.63, 3.8) is 0 Å². The monoisotopic (exact) mass is 356 g/mol. The van der Waals surface area contributed by atoms with Crippen LogP contribution in [0.15, 0.2) is 23.1 Å². The first-order valence-electron chi connectivity index (χ1n) is 8.21. The Morgan fingerprint density at radius 3 is 2.54 bits per heavy atom. The van der Waals surface area contributed by atoms with Crippen LogP contribution in [0.1, 0.15) is 39.2 Å². The number of amides is 1. The molecule has 0 aliphatic rings. The summed E-state index contributed by atoms with van der Waals surface area (Å²) in [6.07, 6.45) is 1.82. The minimum Gasteiger partial charge on any atom is -0.494 e. The fraction of sp³-hybridized carbons (Fsp3) is 0.588. The second-order valence-corrected chi connectivity index (χ2v) is 7.92. The Morgan fingerprint density at radius 1 is 1.33 bits per heavy atom. The van der Waals surface area contributed by atoms with Crippen LogP contribution in [0.5, 0.6) is 5.75 Å². The van der Waals surface area contributed by atoms with Gasteiger partial charge >= 0.3 is 0 Å². The van der Waals surface area contributed by atoms with E-state index in [1.54, 1.807) is 19.1 Å². The Balaban J connectivity index is 2.83. The third kappa shape index (κ3) is 5.49. The van der Waals surface area contributed by atoms with Gasteiger partial charge in [-0.15, -0.1) is 0 Å². The molecule has 0 aliphatic heterocycles. The molecule has 6 nitrogen and oxygen atoms in total. The molecule has 24 heavy (non-hydrogen) atoms. The van der Waals surface area contributed by atoms with Gasteiger partial charge in [0.2, 0.25) is 15.9 Å². The Morgan fingerprint density at radius 2 is 2.00 bits per heavy atom. The molecule has 1 amide bonds. The van der Waals surface area contributed by atoms with E-state index in [0.29, 0.717) is 12.4 Å². The third-order valence-corrected chi connectivity index (χ3v) is 5.45. The van der Waals surface area contributed by atoms with E-state index in [4.69, 9.17) is 4.74 Å². The first-order valence-corrected chi connectivity index (χ1v) is 9.65. The molecule has 0 saturated heterocycles. The quantitative estimate of drug-likeness (QED) is 0.737. The zero-order valence-electron chi connectivity index (χ0n) is 15.1. The smallest absolute Gasteiger partial charge is 0.243 e. The van der Waals surface area contributed by atoms with E-state index in [1.165, 1.54) is 13.1 Å². The van der Waals surface area contributed by atoms with Crippen molar-refractivity contribution in [1.29, 1.82) is 0 Å².